The fourth-order valence-corrected chi connectivity index (χ4v) is 3.67. The molecule has 26 heavy (non-hydrogen) atoms. The van der Waals surface area contributed by atoms with Gasteiger partial charge in [0.2, 0.25) is 0 Å². The summed E-state index contributed by atoms with van der Waals surface area (Å²) in [6, 6.07) is 9.83. The summed E-state index contributed by atoms with van der Waals surface area (Å²) in [4.78, 5) is 9.13. The lowest BCUT2D eigenvalue weighted by Crippen LogP contribution is -2.38. The van der Waals surface area contributed by atoms with Gasteiger partial charge < -0.3 is 4.74 Å². The normalized spacial score (nSPS) is 15.5. The molecule has 6 heteroatoms. The van der Waals surface area contributed by atoms with Crippen LogP contribution < -0.4 is 0 Å². The van der Waals surface area contributed by atoms with Crippen molar-refractivity contribution in [2.75, 3.05) is 39.4 Å². The highest BCUT2D eigenvalue weighted by Crippen LogP contribution is 2.23. The highest BCUT2D eigenvalue weighted by Gasteiger charge is 2.13. The van der Waals surface area contributed by atoms with E-state index in [1.165, 1.54) is 5.56 Å². The zero-order chi connectivity index (χ0) is 18.2. The molecule has 0 spiro atoms. The molecule has 0 unspecified atom stereocenters. The number of pyridine rings is 1. The van der Waals surface area contributed by atoms with Crippen LogP contribution in [0.3, 0.4) is 0 Å². The Morgan fingerprint density at radius 3 is 2.69 bits per heavy atom. The summed E-state index contributed by atoms with van der Waals surface area (Å²) in [6.07, 6.45) is 4.85. The van der Waals surface area contributed by atoms with Gasteiger partial charge in [0.15, 0.2) is 0 Å². The Bertz CT molecular complexity index is 678. The number of morpholine rings is 1. The van der Waals surface area contributed by atoms with Gasteiger partial charge in [-0.05, 0) is 42.3 Å². The van der Waals surface area contributed by atoms with Crippen LogP contribution in [0.25, 0.3) is 0 Å². The minimum atomic E-state index is 0.671. The molecule has 4 nitrogen and oxygen atoms in total. The first-order valence-electron chi connectivity index (χ1n) is 9.06. The summed E-state index contributed by atoms with van der Waals surface area (Å²) in [5.74, 6) is 0. The smallest absolute Gasteiger partial charge is 0.0594 e. The lowest BCUT2D eigenvalue weighted by molar-refractivity contribution is 0.0359. The number of benzene rings is 1. The largest absolute Gasteiger partial charge is 0.379 e. The van der Waals surface area contributed by atoms with Crippen LogP contribution >= 0.6 is 23.2 Å². The third-order valence-electron chi connectivity index (χ3n) is 4.59. The van der Waals surface area contributed by atoms with Crippen molar-refractivity contribution in [3.05, 3.63) is 63.9 Å². The summed E-state index contributed by atoms with van der Waals surface area (Å²) >= 11 is 12.4. The average Bonchev–Trinajstić information content (AvgIpc) is 2.65. The van der Waals surface area contributed by atoms with Crippen LogP contribution in [0.4, 0.5) is 0 Å². The van der Waals surface area contributed by atoms with E-state index in [-0.39, 0.29) is 0 Å². The first kappa shape index (κ1) is 19.6. The Morgan fingerprint density at radius 2 is 1.96 bits per heavy atom. The first-order chi connectivity index (χ1) is 12.7. The van der Waals surface area contributed by atoms with Crippen LogP contribution in [0.5, 0.6) is 0 Å². The number of halogens is 2. The van der Waals surface area contributed by atoms with Crippen molar-refractivity contribution in [2.45, 2.75) is 19.5 Å². The number of nitrogens with zero attached hydrogens (tertiary/aromatic N) is 3. The standard InChI is InChI=1S/C20H25Cl2N3O/c21-19-5-4-18(20(22)13-19)16-25(15-17-3-1-6-23-14-17)8-2-7-24-9-11-26-12-10-24/h1,3-6,13-14H,2,7-12,15-16H2. The highest BCUT2D eigenvalue weighted by molar-refractivity contribution is 6.35. The quantitative estimate of drug-likeness (QED) is 0.674. The Morgan fingerprint density at radius 1 is 1.12 bits per heavy atom. The molecule has 0 atom stereocenters. The van der Waals surface area contributed by atoms with Gasteiger partial charge in [-0.25, -0.2) is 0 Å². The van der Waals surface area contributed by atoms with Crippen LogP contribution in [-0.2, 0) is 17.8 Å². The molecule has 3 rings (SSSR count). The molecule has 0 bridgehead atoms. The first-order valence-corrected chi connectivity index (χ1v) is 9.81. The summed E-state index contributed by atoms with van der Waals surface area (Å²) in [7, 11) is 0. The molecule has 0 saturated carbocycles. The Balaban J connectivity index is 1.60. The lowest BCUT2D eigenvalue weighted by Gasteiger charge is -2.28. The van der Waals surface area contributed by atoms with Crippen LogP contribution in [0.1, 0.15) is 17.5 Å². The maximum Gasteiger partial charge on any atom is 0.0594 e. The van der Waals surface area contributed by atoms with Crippen molar-refractivity contribution >= 4 is 23.2 Å². The molecule has 1 aliphatic heterocycles. The number of rotatable bonds is 8. The van der Waals surface area contributed by atoms with E-state index >= 15 is 0 Å². The molecule has 0 N–H and O–H groups in total. The van der Waals surface area contributed by atoms with E-state index in [4.69, 9.17) is 27.9 Å². The minimum Gasteiger partial charge on any atom is -0.379 e. The second-order valence-electron chi connectivity index (χ2n) is 6.62. The molecule has 1 fully saturated rings. The van der Waals surface area contributed by atoms with Gasteiger partial charge in [-0.2, -0.15) is 0 Å². The van der Waals surface area contributed by atoms with Crippen LogP contribution in [0.2, 0.25) is 10.0 Å². The topological polar surface area (TPSA) is 28.6 Å². The van der Waals surface area contributed by atoms with Crippen molar-refractivity contribution < 1.29 is 4.74 Å². The molecule has 1 aliphatic rings. The SMILES string of the molecule is Clc1ccc(CN(CCCN2CCOCC2)Cc2cccnc2)c(Cl)c1. The van der Waals surface area contributed by atoms with Gasteiger partial charge >= 0.3 is 0 Å². The molecule has 140 valence electrons. The highest BCUT2D eigenvalue weighted by atomic mass is 35.5. The average molecular weight is 394 g/mol. The molecule has 0 aliphatic carbocycles. The van der Waals surface area contributed by atoms with E-state index in [0.717, 1.165) is 69.5 Å². The fourth-order valence-electron chi connectivity index (χ4n) is 3.20. The van der Waals surface area contributed by atoms with E-state index < -0.39 is 0 Å². The van der Waals surface area contributed by atoms with Gasteiger partial charge in [0.25, 0.3) is 0 Å². The van der Waals surface area contributed by atoms with Crippen molar-refractivity contribution in [1.29, 1.82) is 0 Å². The number of ether oxygens (including phenoxy) is 1. The van der Waals surface area contributed by atoms with E-state index in [2.05, 4.69) is 20.9 Å². The van der Waals surface area contributed by atoms with Gasteiger partial charge in [-0.1, -0.05) is 35.3 Å². The maximum absolute atomic E-state index is 6.39. The van der Waals surface area contributed by atoms with Crippen LogP contribution in [-0.4, -0.2) is 54.2 Å². The molecule has 1 saturated heterocycles. The summed E-state index contributed by atoms with van der Waals surface area (Å²) in [6.45, 7) is 7.52. The Labute approximate surface area is 165 Å². The summed E-state index contributed by atoms with van der Waals surface area (Å²) < 4.78 is 5.42. The molecule has 0 amide bonds. The second kappa shape index (κ2) is 10.2. The number of aromatic nitrogens is 1. The molecule has 1 aromatic heterocycles. The van der Waals surface area contributed by atoms with Crippen LogP contribution in [0.15, 0.2) is 42.7 Å². The zero-order valence-corrected chi connectivity index (χ0v) is 16.4. The van der Waals surface area contributed by atoms with Gasteiger partial charge in [-0.3, -0.25) is 14.8 Å². The predicted octanol–water partition coefficient (Wildman–Crippen LogP) is 4.11. The Kier molecular flexibility index (Phi) is 7.71. The van der Waals surface area contributed by atoms with E-state index in [9.17, 15) is 0 Å². The summed E-state index contributed by atoms with van der Waals surface area (Å²) in [5, 5.41) is 1.40. The number of hydrogen-bond donors (Lipinski definition) is 0. The molecule has 2 aromatic rings. The van der Waals surface area contributed by atoms with E-state index in [1.54, 1.807) is 0 Å². The predicted molar refractivity (Wildman–Crippen MR) is 107 cm³/mol. The minimum absolute atomic E-state index is 0.671. The molecule has 2 heterocycles. The van der Waals surface area contributed by atoms with Crippen molar-refractivity contribution in [3.8, 4) is 0 Å². The molecule has 1 aromatic carbocycles. The second-order valence-corrected chi connectivity index (χ2v) is 7.46. The monoisotopic (exact) mass is 393 g/mol. The fraction of sp³-hybridized carbons (Fsp3) is 0.450. The third kappa shape index (κ3) is 6.22. The van der Waals surface area contributed by atoms with Crippen molar-refractivity contribution in [3.63, 3.8) is 0 Å². The van der Waals surface area contributed by atoms with E-state index in [1.807, 2.05) is 36.7 Å². The zero-order valence-electron chi connectivity index (χ0n) is 14.9. The van der Waals surface area contributed by atoms with Gasteiger partial charge in [-0.15, -0.1) is 0 Å². The van der Waals surface area contributed by atoms with E-state index in [0.29, 0.717) is 5.02 Å². The van der Waals surface area contributed by atoms with Crippen LogP contribution in [0, 0.1) is 0 Å². The molecule has 0 radical (unpaired) electrons. The molecular formula is C20H25Cl2N3O. The maximum atomic E-state index is 6.39. The van der Waals surface area contributed by atoms with Crippen molar-refractivity contribution in [1.82, 2.24) is 14.8 Å². The van der Waals surface area contributed by atoms with Gasteiger partial charge in [0.1, 0.15) is 0 Å². The lowest BCUT2D eigenvalue weighted by atomic mass is 10.1. The van der Waals surface area contributed by atoms with Crippen molar-refractivity contribution in [2.24, 2.45) is 0 Å². The summed E-state index contributed by atoms with van der Waals surface area (Å²) in [5.41, 5.74) is 2.32. The Hall–Kier alpha value is -1.17. The third-order valence-corrected chi connectivity index (χ3v) is 5.18. The number of hydrogen-bond acceptors (Lipinski definition) is 4. The molecular weight excluding hydrogens is 369 g/mol. The van der Waals surface area contributed by atoms with Gasteiger partial charge in [0.05, 0.1) is 13.2 Å². The van der Waals surface area contributed by atoms with Gasteiger partial charge in [0, 0.05) is 55.2 Å².